The highest BCUT2D eigenvalue weighted by Crippen LogP contribution is 2.12. The van der Waals surface area contributed by atoms with Gasteiger partial charge in [0.1, 0.15) is 0 Å². The van der Waals surface area contributed by atoms with Gasteiger partial charge in [0.25, 0.3) is 5.91 Å². The van der Waals surface area contributed by atoms with E-state index >= 15 is 0 Å². The molecule has 0 spiro atoms. The molecule has 29 heavy (non-hydrogen) atoms. The Morgan fingerprint density at radius 1 is 1.10 bits per heavy atom. The van der Waals surface area contributed by atoms with Gasteiger partial charge >= 0.3 is 0 Å². The summed E-state index contributed by atoms with van der Waals surface area (Å²) in [5, 5.41) is 3.29. The van der Waals surface area contributed by atoms with Crippen LogP contribution in [0.3, 0.4) is 0 Å². The third kappa shape index (κ3) is 5.95. The molecule has 1 aromatic heterocycles. The molecule has 1 aromatic carbocycles. The minimum atomic E-state index is -3.19. The Labute approximate surface area is 187 Å². The Balaban J connectivity index is 0.00000300. The molecule has 2 heterocycles. The Morgan fingerprint density at radius 3 is 2.24 bits per heavy atom. The number of nitrogens with zero attached hydrogens (tertiary/aromatic N) is 3. The van der Waals surface area contributed by atoms with Crippen LogP contribution in [-0.2, 0) is 16.4 Å². The molecule has 1 aliphatic rings. The number of benzene rings is 1. The standard InChI is InChI=1S/C19H24N4O4S.HI/c1-20-19(21-14-15-5-7-16(8-6-15)28(2,25)26)23-11-9-22(10-12-23)18(24)17-4-3-13-27-17;/h3-8,13H,9-12,14H2,1-2H3,(H,20,21);1H. The summed E-state index contributed by atoms with van der Waals surface area (Å²) in [6.07, 6.45) is 2.69. The highest BCUT2D eigenvalue weighted by Gasteiger charge is 2.25. The van der Waals surface area contributed by atoms with Gasteiger partial charge in [-0.1, -0.05) is 12.1 Å². The molecule has 1 N–H and O–H groups in total. The zero-order chi connectivity index (χ0) is 20.1. The molecule has 0 bridgehead atoms. The topological polar surface area (TPSA) is 95.2 Å². The van der Waals surface area contributed by atoms with Gasteiger partial charge < -0.3 is 19.5 Å². The lowest BCUT2D eigenvalue weighted by molar-refractivity contribution is 0.0657. The van der Waals surface area contributed by atoms with Gasteiger partial charge in [-0.05, 0) is 29.8 Å². The number of carbonyl (C=O) groups excluding carboxylic acids is 1. The van der Waals surface area contributed by atoms with E-state index in [9.17, 15) is 13.2 Å². The number of piperazine rings is 1. The van der Waals surface area contributed by atoms with E-state index in [0.717, 1.165) is 11.5 Å². The average molecular weight is 532 g/mol. The van der Waals surface area contributed by atoms with E-state index in [1.165, 1.54) is 12.5 Å². The van der Waals surface area contributed by atoms with E-state index in [2.05, 4.69) is 15.2 Å². The first-order valence-electron chi connectivity index (χ1n) is 8.96. The van der Waals surface area contributed by atoms with Crippen LogP contribution in [0.1, 0.15) is 16.1 Å². The fourth-order valence-electron chi connectivity index (χ4n) is 3.05. The number of nitrogens with one attached hydrogen (secondary N) is 1. The summed E-state index contributed by atoms with van der Waals surface area (Å²) < 4.78 is 28.3. The number of carbonyl (C=O) groups is 1. The van der Waals surface area contributed by atoms with E-state index in [-0.39, 0.29) is 29.9 Å². The predicted molar refractivity (Wildman–Crippen MR) is 121 cm³/mol. The van der Waals surface area contributed by atoms with E-state index in [4.69, 9.17) is 4.42 Å². The van der Waals surface area contributed by atoms with E-state index in [1.807, 2.05) is 0 Å². The maximum atomic E-state index is 12.3. The number of hydrogen-bond donors (Lipinski definition) is 1. The predicted octanol–water partition coefficient (Wildman–Crippen LogP) is 1.83. The van der Waals surface area contributed by atoms with Crippen molar-refractivity contribution >= 4 is 45.7 Å². The van der Waals surface area contributed by atoms with Crippen LogP contribution in [0.15, 0.2) is 57.0 Å². The molecule has 0 atom stereocenters. The van der Waals surface area contributed by atoms with Crippen LogP contribution in [0.5, 0.6) is 0 Å². The molecule has 1 aliphatic heterocycles. The number of rotatable bonds is 4. The molecule has 3 rings (SSSR count). The van der Waals surface area contributed by atoms with Gasteiger partial charge in [0.05, 0.1) is 11.2 Å². The van der Waals surface area contributed by atoms with E-state index < -0.39 is 9.84 Å². The van der Waals surface area contributed by atoms with E-state index in [1.54, 1.807) is 48.3 Å². The molecule has 2 aromatic rings. The van der Waals surface area contributed by atoms with Crippen molar-refractivity contribution in [2.75, 3.05) is 39.5 Å². The smallest absolute Gasteiger partial charge is 0.289 e. The first-order valence-corrected chi connectivity index (χ1v) is 10.8. The van der Waals surface area contributed by atoms with Gasteiger partial charge in [0, 0.05) is 46.0 Å². The molecule has 1 saturated heterocycles. The van der Waals surface area contributed by atoms with Gasteiger partial charge in [0.2, 0.25) is 0 Å². The van der Waals surface area contributed by atoms with Crippen molar-refractivity contribution in [2.45, 2.75) is 11.4 Å². The second kappa shape index (κ2) is 10.1. The lowest BCUT2D eigenvalue weighted by Crippen LogP contribution is -2.53. The minimum Gasteiger partial charge on any atom is -0.459 e. The van der Waals surface area contributed by atoms with Crippen LogP contribution >= 0.6 is 24.0 Å². The number of furan rings is 1. The fourth-order valence-corrected chi connectivity index (χ4v) is 3.68. The molecule has 0 saturated carbocycles. The van der Waals surface area contributed by atoms with Crippen LogP contribution in [0.25, 0.3) is 0 Å². The third-order valence-electron chi connectivity index (χ3n) is 4.61. The van der Waals surface area contributed by atoms with Crippen LogP contribution in [0.4, 0.5) is 0 Å². The summed E-state index contributed by atoms with van der Waals surface area (Å²) in [4.78, 5) is 20.8. The monoisotopic (exact) mass is 532 g/mol. The van der Waals surface area contributed by atoms with Crippen molar-refractivity contribution in [3.8, 4) is 0 Å². The van der Waals surface area contributed by atoms with Crippen molar-refractivity contribution < 1.29 is 17.6 Å². The second-order valence-corrected chi connectivity index (χ2v) is 8.59. The number of sulfone groups is 1. The Bertz CT molecular complexity index is 935. The SMILES string of the molecule is CN=C(NCc1ccc(S(C)(=O)=O)cc1)N1CCN(C(=O)c2ccco2)CC1.I. The first-order chi connectivity index (χ1) is 13.4. The minimum absolute atomic E-state index is 0. The molecule has 0 aliphatic carbocycles. The number of aliphatic imine (C=N–C) groups is 1. The highest BCUT2D eigenvalue weighted by atomic mass is 127. The Kier molecular flexibility index (Phi) is 8.08. The summed E-state index contributed by atoms with van der Waals surface area (Å²) in [7, 11) is -1.47. The summed E-state index contributed by atoms with van der Waals surface area (Å²) >= 11 is 0. The zero-order valence-corrected chi connectivity index (χ0v) is 19.5. The average Bonchev–Trinajstić information content (AvgIpc) is 3.23. The zero-order valence-electron chi connectivity index (χ0n) is 16.4. The lowest BCUT2D eigenvalue weighted by atomic mass is 10.2. The number of guanidine groups is 1. The normalized spacial score (nSPS) is 15.0. The van der Waals surface area contributed by atoms with Gasteiger partial charge in [-0.3, -0.25) is 9.79 Å². The van der Waals surface area contributed by atoms with Crippen LogP contribution in [0, 0.1) is 0 Å². The van der Waals surface area contributed by atoms with Crippen molar-refractivity contribution in [3.63, 3.8) is 0 Å². The van der Waals surface area contributed by atoms with Gasteiger partial charge in [0.15, 0.2) is 21.6 Å². The maximum absolute atomic E-state index is 12.3. The number of hydrogen-bond acceptors (Lipinski definition) is 5. The van der Waals surface area contributed by atoms with Crippen molar-refractivity contribution in [1.29, 1.82) is 0 Å². The molecule has 0 unspecified atom stereocenters. The third-order valence-corrected chi connectivity index (χ3v) is 5.74. The molecule has 1 fully saturated rings. The van der Waals surface area contributed by atoms with Crippen LogP contribution in [-0.4, -0.2) is 69.6 Å². The van der Waals surface area contributed by atoms with Crippen molar-refractivity contribution in [2.24, 2.45) is 4.99 Å². The van der Waals surface area contributed by atoms with Crippen LogP contribution < -0.4 is 5.32 Å². The Hall–Kier alpha value is -2.08. The molecular weight excluding hydrogens is 507 g/mol. The van der Waals surface area contributed by atoms with Gasteiger partial charge in [-0.15, -0.1) is 24.0 Å². The molecular formula is C19H25IN4O4S. The highest BCUT2D eigenvalue weighted by molar-refractivity contribution is 14.0. The lowest BCUT2D eigenvalue weighted by Gasteiger charge is -2.36. The maximum Gasteiger partial charge on any atom is 0.289 e. The molecule has 158 valence electrons. The molecule has 0 radical (unpaired) electrons. The number of amides is 1. The van der Waals surface area contributed by atoms with E-state index in [0.29, 0.717) is 43.4 Å². The Morgan fingerprint density at radius 2 is 1.72 bits per heavy atom. The molecule has 8 nitrogen and oxygen atoms in total. The summed E-state index contributed by atoms with van der Waals surface area (Å²) in [5.74, 6) is 1.00. The largest absolute Gasteiger partial charge is 0.459 e. The summed E-state index contributed by atoms with van der Waals surface area (Å²) in [6, 6.07) is 10.2. The molecule has 10 heteroatoms. The summed E-state index contributed by atoms with van der Waals surface area (Å²) in [6.45, 7) is 3.03. The molecule has 1 amide bonds. The summed E-state index contributed by atoms with van der Waals surface area (Å²) in [5.41, 5.74) is 0.959. The second-order valence-electron chi connectivity index (χ2n) is 6.57. The first kappa shape index (κ1) is 23.2. The fraction of sp³-hybridized carbons (Fsp3) is 0.368. The van der Waals surface area contributed by atoms with Crippen molar-refractivity contribution in [1.82, 2.24) is 15.1 Å². The quantitative estimate of drug-likeness (QED) is 0.367. The number of halogens is 1. The van der Waals surface area contributed by atoms with Crippen LogP contribution in [0.2, 0.25) is 0 Å². The van der Waals surface area contributed by atoms with Gasteiger partial charge in [-0.25, -0.2) is 8.42 Å². The van der Waals surface area contributed by atoms with Gasteiger partial charge in [-0.2, -0.15) is 0 Å². The van der Waals surface area contributed by atoms with Crippen molar-refractivity contribution in [3.05, 3.63) is 54.0 Å².